The SMILES string of the molecule is Cc1cc(N(C(=O)C(=O)c2c(C)c(C(N)=O)c3n2CCCC3)C2CCC(C)(O)CC2)ccc1F. The number of aryl methyl sites for hydroxylation is 1. The standard InChI is InChI=1S/C26H32FN3O4/c1-15-14-18(7-8-19(15)27)30(17-9-11-26(3,34)12-10-17)25(33)23(31)22-16(2)21(24(28)32)20-6-4-5-13-29(20)22/h7-8,14,17,34H,4-6,9-13H2,1-3H3,(H2,28,32). The molecule has 1 aromatic heterocycles. The number of nitrogens with two attached hydrogens (primary N) is 1. The maximum Gasteiger partial charge on any atom is 0.301 e. The smallest absolute Gasteiger partial charge is 0.301 e. The first-order chi connectivity index (χ1) is 16.0. The van der Waals surface area contributed by atoms with Gasteiger partial charge in [-0.05, 0) is 95.0 Å². The summed E-state index contributed by atoms with van der Waals surface area (Å²) in [5.74, 6) is -2.41. The first-order valence-electron chi connectivity index (χ1n) is 11.9. The van der Waals surface area contributed by atoms with Crippen LogP contribution in [0.25, 0.3) is 0 Å². The molecule has 2 aliphatic rings. The van der Waals surface area contributed by atoms with Crippen LogP contribution in [-0.4, -0.2) is 38.9 Å². The summed E-state index contributed by atoms with van der Waals surface area (Å²) in [6, 6.07) is 4.07. The third-order valence-corrected chi connectivity index (χ3v) is 7.35. The normalized spacial score (nSPS) is 22.2. The van der Waals surface area contributed by atoms with E-state index in [2.05, 4.69) is 0 Å². The fourth-order valence-electron chi connectivity index (χ4n) is 5.46. The third kappa shape index (κ3) is 4.27. The minimum absolute atomic E-state index is 0.208. The number of primary amides is 1. The topological polar surface area (TPSA) is 106 Å². The van der Waals surface area contributed by atoms with E-state index in [0.29, 0.717) is 66.7 Å². The van der Waals surface area contributed by atoms with Gasteiger partial charge in [-0.15, -0.1) is 0 Å². The van der Waals surface area contributed by atoms with Crippen molar-refractivity contribution in [3.05, 3.63) is 52.1 Å². The van der Waals surface area contributed by atoms with Crippen LogP contribution >= 0.6 is 0 Å². The van der Waals surface area contributed by atoms with Crippen molar-refractivity contribution in [3.8, 4) is 0 Å². The van der Waals surface area contributed by atoms with E-state index < -0.39 is 29.0 Å². The lowest BCUT2D eigenvalue weighted by molar-refractivity contribution is -0.115. The number of hydrogen-bond donors (Lipinski definition) is 2. The van der Waals surface area contributed by atoms with Gasteiger partial charge in [0.15, 0.2) is 0 Å². The maximum atomic E-state index is 14.0. The summed E-state index contributed by atoms with van der Waals surface area (Å²) < 4.78 is 15.8. The van der Waals surface area contributed by atoms with E-state index >= 15 is 0 Å². The van der Waals surface area contributed by atoms with E-state index in [1.54, 1.807) is 31.4 Å². The zero-order valence-corrected chi connectivity index (χ0v) is 20.0. The number of halogens is 1. The summed E-state index contributed by atoms with van der Waals surface area (Å²) in [6.45, 7) is 5.59. The Hall–Kier alpha value is -3.00. The Morgan fingerprint density at radius 2 is 1.85 bits per heavy atom. The molecule has 2 heterocycles. The van der Waals surface area contributed by atoms with Crippen LogP contribution in [-0.2, 0) is 17.8 Å². The van der Waals surface area contributed by atoms with Crippen LogP contribution in [0.3, 0.4) is 0 Å². The second-order valence-electron chi connectivity index (χ2n) is 9.93. The van der Waals surface area contributed by atoms with Gasteiger partial charge in [0.1, 0.15) is 5.82 Å². The van der Waals surface area contributed by atoms with E-state index in [1.165, 1.54) is 17.0 Å². The van der Waals surface area contributed by atoms with Crippen LogP contribution in [0, 0.1) is 19.7 Å². The Kier molecular flexibility index (Phi) is 6.38. The molecule has 1 aromatic carbocycles. The van der Waals surface area contributed by atoms with Gasteiger partial charge in [-0.2, -0.15) is 0 Å². The molecule has 4 rings (SSSR count). The number of ketones is 1. The number of carbonyl (C=O) groups is 3. The molecule has 3 N–H and O–H groups in total. The molecular formula is C26H32FN3O4. The van der Waals surface area contributed by atoms with Gasteiger partial charge < -0.3 is 20.3 Å². The monoisotopic (exact) mass is 469 g/mol. The van der Waals surface area contributed by atoms with Crippen LogP contribution < -0.4 is 10.6 Å². The second kappa shape index (κ2) is 8.98. The summed E-state index contributed by atoms with van der Waals surface area (Å²) in [7, 11) is 0. The highest BCUT2D eigenvalue weighted by atomic mass is 19.1. The quantitative estimate of drug-likeness (QED) is 0.516. The van der Waals surface area contributed by atoms with Gasteiger partial charge in [0, 0.05) is 24.0 Å². The van der Waals surface area contributed by atoms with Crippen molar-refractivity contribution < 1.29 is 23.9 Å². The van der Waals surface area contributed by atoms with Gasteiger partial charge in [0.25, 0.3) is 11.7 Å². The average Bonchev–Trinajstić information content (AvgIpc) is 3.08. The van der Waals surface area contributed by atoms with Crippen LogP contribution in [0.2, 0.25) is 0 Å². The van der Waals surface area contributed by atoms with E-state index in [4.69, 9.17) is 5.73 Å². The molecule has 2 amide bonds. The lowest BCUT2D eigenvalue weighted by atomic mass is 9.82. The molecule has 34 heavy (non-hydrogen) atoms. The number of amides is 2. The number of Topliss-reactive ketones (excluding diaryl/α,β-unsaturated/α-hetero) is 1. The van der Waals surface area contributed by atoms with Crippen LogP contribution in [0.15, 0.2) is 18.2 Å². The number of anilines is 1. The molecule has 1 aliphatic heterocycles. The fourth-order valence-corrected chi connectivity index (χ4v) is 5.46. The summed E-state index contributed by atoms with van der Waals surface area (Å²) in [5, 5.41) is 10.4. The number of carbonyl (C=O) groups excluding carboxylic acids is 3. The number of aliphatic hydroxyl groups is 1. The summed E-state index contributed by atoms with van der Waals surface area (Å²) >= 11 is 0. The van der Waals surface area contributed by atoms with Gasteiger partial charge in [0.05, 0.1) is 16.9 Å². The Labute approximate surface area is 198 Å². The minimum atomic E-state index is -0.818. The lowest BCUT2D eigenvalue weighted by Crippen LogP contribution is -2.48. The van der Waals surface area contributed by atoms with Crippen LogP contribution in [0.1, 0.15) is 83.1 Å². The molecule has 1 aliphatic carbocycles. The molecule has 0 saturated heterocycles. The van der Waals surface area contributed by atoms with Crippen molar-refractivity contribution in [2.75, 3.05) is 4.90 Å². The highest BCUT2D eigenvalue weighted by molar-refractivity contribution is 6.47. The van der Waals surface area contributed by atoms with Crippen molar-refractivity contribution in [1.82, 2.24) is 4.57 Å². The van der Waals surface area contributed by atoms with Crippen LogP contribution in [0.4, 0.5) is 10.1 Å². The van der Waals surface area contributed by atoms with Gasteiger partial charge in [-0.3, -0.25) is 14.4 Å². The van der Waals surface area contributed by atoms with Crippen molar-refractivity contribution >= 4 is 23.3 Å². The van der Waals surface area contributed by atoms with Crippen molar-refractivity contribution in [1.29, 1.82) is 0 Å². The molecule has 8 heteroatoms. The number of rotatable bonds is 5. The van der Waals surface area contributed by atoms with E-state index in [0.717, 1.165) is 12.8 Å². The number of benzene rings is 1. The minimum Gasteiger partial charge on any atom is -0.390 e. The van der Waals surface area contributed by atoms with Crippen molar-refractivity contribution in [3.63, 3.8) is 0 Å². The zero-order chi connectivity index (χ0) is 24.8. The maximum absolute atomic E-state index is 14.0. The van der Waals surface area contributed by atoms with Gasteiger partial charge in [-0.25, -0.2) is 4.39 Å². The molecule has 0 spiro atoms. The number of hydrogen-bond acceptors (Lipinski definition) is 4. The number of nitrogens with zero attached hydrogens (tertiary/aromatic N) is 2. The number of aromatic nitrogens is 1. The third-order valence-electron chi connectivity index (χ3n) is 7.35. The Morgan fingerprint density at radius 3 is 2.47 bits per heavy atom. The molecule has 2 aromatic rings. The Bertz CT molecular complexity index is 1160. The first kappa shape index (κ1) is 24.1. The summed E-state index contributed by atoms with van der Waals surface area (Å²) in [5.41, 5.74) is 7.32. The molecule has 0 radical (unpaired) electrons. The molecule has 0 bridgehead atoms. The van der Waals surface area contributed by atoms with Crippen molar-refractivity contribution in [2.24, 2.45) is 5.73 Å². The highest BCUT2D eigenvalue weighted by Gasteiger charge is 2.39. The summed E-state index contributed by atoms with van der Waals surface area (Å²) in [6.07, 6.45) is 4.35. The lowest BCUT2D eigenvalue weighted by Gasteiger charge is -2.39. The molecular weight excluding hydrogens is 437 g/mol. The van der Waals surface area contributed by atoms with Gasteiger partial charge >= 0.3 is 5.91 Å². The molecule has 1 fully saturated rings. The predicted molar refractivity (Wildman–Crippen MR) is 126 cm³/mol. The zero-order valence-electron chi connectivity index (χ0n) is 20.0. The summed E-state index contributed by atoms with van der Waals surface area (Å²) in [4.78, 5) is 41.2. The molecule has 0 atom stereocenters. The van der Waals surface area contributed by atoms with E-state index in [1.807, 2.05) is 0 Å². The fraction of sp³-hybridized carbons (Fsp3) is 0.500. The Balaban J connectivity index is 1.77. The van der Waals surface area contributed by atoms with Gasteiger partial charge in [0.2, 0.25) is 0 Å². The predicted octanol–water partition coefficient (Wildman–Crippen LogP) is 3.59. The molecule has 182 valence electrons. The number of fused-ring (bicyclic) bond motifs is 1. The molecule has 1 saturated carbocycles. The average molecular weight is 470 g/mol. The largest absolute Gasteiger partial charge is 0.390 e. The van der Waals surface area contributed by atoms with Crippen LogP contribution in [0.5, 0.6) is 0 Å². The highest BCUT2D eigenvalue weighted by Crippen LogP contribution is 2.35. The van der Waals surface area contributed by atoms with Crippen molar-refractivity contribution in [2.45, 2.75) is 83.9 Å². The Morgan fingerprint density at radius 1 is 1.18 bits per heavy atom. The van der Waals surface area contributed by atoms with E-state index in [-0.39, 0.29) is 11.7 Å². The van der Waals surface area contributed by atoms with Gasteiger partial charge in [-0.1, -0.05) is 0 Å². The molecule has 7 nitrogen and oxygen atoms in total. The van der Waals surface area contributed by atoms with E-state index in [9.17, 15) is 23.9 Å². The first-order valence-corrected chi connectivity index (χ1v) is 11.9. The second-order valence-corrected chi connectivity index (χ2v) is 9.93. The molecule has 0 unspecified atom stereocenters.